The summed E-state index contributed by atoms with van der Waals surface area (Å²) in [5.74, 6) is 0. The van der Waals surface area contributed by atoms with Crippen LogP contribution in [0.15, 0.2) is 170 Å². The van der Waals surface area contributed by atoms with E-state index in [1.54, 1.807) is 0 Å². The summed E-state index contributed by atoms with van der Waals surface area (Å²) in [6.07, 6.45) is 1.92. The van der Waals surface area contributed by atoms with Gasteiger partial charge in [-0.2, -0.15) is 0 Å². The third-order valence-electron chi connectivity index (χ3n) is 10.3. The molecule has 5 heteroatoms. The molecule has 0 radical (unpaired) electrons. The maximum absolute atomic E-state index is 5.22. The Kier molecular flexibility index (Phi) is 6.69. The van der Waals surface area contributed by atoms with Crippen molar-refractivity contribution >= 4 is 75.0 Å². The molecule has 4 nitrogen and oxygen atoms in total. The third-order valence-corrected chi connectivity index (χ3v) is 11.5. The molecule has 0 fully saturated rings. The number of para-hydroxylation sites is 1. The standard InChI is InChI=1S/C48H28N4S/c1-2-8-29(9-3-1)40-26-20-32-18-19-33-21-27-41(51-47(33)46(32)50-40)34-22-25-39(49-28-34)30-14-16-31(17-15-30)45-38-24-23-36-35-10-5-7-13-43(35)53-48(36)44(38)37-11-4-6-12-42(37)52-45/h1-28H. The fourth-order valence-electron chi connectivity index (χ4n) is 7.65. The molecule has 0 amide bonds. The van der Waals surface area contributed by atoms with E-state index in [-0.39, 0.29) is 0 Å². The quantitative estimate of drug-likeness (QED) is 0.172. The van der Waals surface area contributed by atoms with Gasteiger partial charge >= 0.3 is 0 Å². The van der Waals surface area contributed by atoms with E-state index in [0.717, 1.165) is 72.4 Å². The van der Waals surface area contributed by atoms with Crippen molar-refractivity contribution < 1.29 is 0 Å². The first-order valence-corrected chi connectivity index (χ1v) is 18.5. The van der Waals surface area contributed by atoms with E-state index in [4.69, 9.17) is 19.9 Å². The maximum Gasteiger partial charge on any atom is 0.0972 e. The van der Waals surface area contributed by atoms with E-state index < -0.39 is 0 Å². The van der Waals surface area contributed by atoms with Crippen molar-refractivity contribution in [2.24, 2.45) is 0 Å². The average molecular weight is 693 g/mol. The van der Waals surface area contributed by atoms with E-state index in [9.17, 15) is 0 Å². The zero-order valence-electron chi connectivity index (χ0n) is 28.4. The second-order valence-corrected chi connectivity index (χ2v) is 14.5. The monoisotopic (exact) mass is 692 g/mol. The van der Waals surface area contributed by atoms with Crippen LogP contribution in [0, 0.1) is 0 Å². The number of thiophene rings is 1. The van der Waals surface area contributed by atoms with Gasteiger partial charge in [-0.15, -0.1) is 11.3 Å². The lowest BCUT2D eigenvalue weighted by atomic mass is 9.97. The second-order valence-electron chi connectivity index (χ2n) is 13.4. The van der Waals surface area contributed by atoms with Crippen molar-refractivity contribution in [3.63, 3.8) is 0 Å². The highest BCUT2D eigenvalue weighted by atomic mass is 32.1. The average Bonchev–Trinajstić information content (AvgIpc) is 3.62. The summed E-state index contributed by atoms with van der Waals surface area (Å²) in [5.41, 5.74) is 10.7. The van der Waals surface area contributed by atoms with E-state index in [1.807, 2.05) is 35.7 Å². The summed E-state index contributed by atoms with van der Waals surface area (Å²) in [5, 5.41) is 8.36. The van der Waals surface area contributed by atoms with Gasteiger partial charge in [-0.05, 0) is 36.4 Å². The van der Waals surface area contributed by atoms with Crippen LogP contribution >= 0.6 is 11.3 Å². The summed E-state index contributed by atoms with van der Waals surface area (Å²) in [7, 11) is 0. The van der Waals surface area contributed by atoms with Gasteiger partial charge in [0, 0.05) is 75.6 Å². The Balaban J connectivity index is 0.952. The first kappa shape index (κ1) is 29.9. The zero-order chi connectivity index (χ0) is 34.9. The lowest BCUT2D eigenvalue weighted by Crippen LogP contribution is -1.92. The molecule has 246 valence electrons. The minimum Gasteiger partial charge on any atom is -0.256 e. The molecule has 5 aromatic heterocycles. The van der Waals surface area contributed by atoms with Gasteiger partial charge in [0.15, 0.2) is 0 Å². The lowest BCUT2D eigenvalue weighted by molar-refractivity contribution is 1.30. The highest BCUT2D eigenvalue weighted by molar-refractivity contribution is 7.26. The number of benzene rings is 6. The summed E-state index contributed by atoms with van der Waals surface area (Å²) >= 11 is 1.87. The Labute approximate surface area is 308 Å². The molecule has 0 aliphatic heterocycles. The Hall–Kier alpha value is -6.82. The topological polar surface area (TPSA) is 51.6 Å². The number of aromatic nitrogens is 4. The molecule has 5 heterocycles. The molecule has 0 bridgehead atoms. The van der Waals surface area contributed by atoms with Gasteiger partial charge < -0.3 is 0 Å². The van der Waals surface area contributed by atoms with Crippen LogP contribution in [0.25, 0.3) is 109 Å². The summed E-state index contributed by atoms with van der Waals surface area (Å²) < 4.78 is 2.62. The van der Waals surface area contributed by atoms with Crippen molar-refractivity contribution in [1.82, 2.24) is 19.9 Å². The van der Waals surface area contributed by atoms with Crippen molar-refractivity contribution in [2.45, 2.75) is 0 Å². The van der Waals surface area contributed by atoms with Crippen LogP contribution in [-0.4, -0.2) is 19.9 Å². The van der Waals surface area contributed by atoms with Crippen LogP contribution in [0.3, 0.4) is 0 Å². The first-order valence-electron chi connectivity index (χ1n) is 17.7. The maximum atomic E-state index is 5.22. The number of fused-ring (bicyclic) bond motifs is 10. The zero-order valence-corrected chi connectivity index (χ0v) is 29.2. The minimum atomic E-state index is 0.869. The van der Waals surface area contributed by atoms with Gasteiger partial charge in [0.05, 0.1) is 39.3 Å². The van der Waals surface area contributed by atoms with Crippen LogP contribution in [0.4, 0.5) is 0 Å². The molecule has 0 aliphatic carbocycles. The van der Waals surface area contributed by atoms with Crippen LogP contribution < -0.4 is 0 Å². The third kappa shape index (κ3) is 4.90. The number of pyridine rings is 4. The van der Waals surface area contributed by atoms with Crippen molar-refractivity contribution in [2.75, 3.05) is 0 Å². The first-order chi connectivity index (χ1) is 26.2. The molecule has 11 rings (SSSR count). The Bertz CT molecular complexity index is 3210. The largest absolute Gasteiger partial charge is 0.256 e. The van der Waals surface area contributed by atoms with Crippen molar-refractivity contribution in [3.8, 4) is 45.0 Å². The predicted molar refractivity (Wildman–Crippen MR) is 222 cm³/mol. The van der Waals surface area contributed by atoms with E-state index in [1.165, 1.54) is 36.3 Å². The molecular formula is C48H28N4S. The molecular weight excluding hydrogens is 665 g/mol. The molecule has 0 spiro atoms. The van der Waals surface area contributed by atoms with Crippen LogP contribution in [0.5, 0.6) is 0 Å². The van der Waals surface area contributed by atoms with Gasteiger partial charge in [-0.3, -0.25) is 4.98 Å². The molecule has 0 atom stereocenters. The number of nitrogens with zero attached hydrogens (tertiary/aromatic N) is 4. The van der Waals surface area contributed by atoms with Crippen LogP contribution in [0.2, 0.25) is 0 Å². The molecule has 0 saturated carbocycles. The van der Waals surface area contributed by atoms with E-state index in [2.05, 4.69) is 146 Å². The minimum absolute atomic E-state index is 0.869. The molecule has 53 heavy (non-hydrogen) atoms. The van der Waals surface area contributed by atoms with Gasteiger partial charge in [0.2, 0.25) is 0 Å². The van der Waals surface area contributed by atoms with Gasteiger partial charge in [0.1, 0.15) is 0 Å². The SMILES string of the molecule is c1ccc(-c2ccc3ccc4ccc(-c5ccc(-c6ccc(-c7nc8ccccc8c8c7ccc7c9ccccc9sc78)cc6)nc5)nc4c3n2)cc1. The highest BCUT2D eigenvalue weighted by Gasteiger charge is 2.16. The van der Waals surface area contributed by atoms with Crippen molar-refractivity contribution in [1.29, 1.82) is 0 Å². The number of hydrogen-bond donors (Lipinski definition) is 0. The highest BCUT2D eigenvalue weighted by Crippen LogP contribution is 2.43. The van der Waals surface area contributed by atoms with E-state index in [0.29, 0.717) is 0 Å². The van der Waals surface area contributed by atoms with Crippen LogP contribution in [0.1, 0.15) is 0 Å². The predicted octanol–water partition coefficient (Wildman–Crippen LogP) is 12.9. The fourth-order valence-corrected chi connectivity index (χ4v) is 8.91. The smallest absolute Gasteiger partial charge is 0.0972 e. The summed E-state index contributed by atoms with van der Waals surface area (Å²) in [6.45, 7) is 0. The Morgan fingerprint density at radius 1 is 0.377 bits per heavy atom. The van der Waals surface area contributed by atoms with E-state index >= 15 is 0 Å². The second kappa shape index (κ2) is 11.9. The van der Waals surface area contributed by atoms with Gasteiger partial charge in [0.25, 0.3) is 0 Å². The Morgan fingerprint density at radius 3 is 1.72 bits per heavy atom. The lowest BCUT2D eigenvalue weighted by Gasteiger charge is -2.12. The molecule has 0 unspecified atom stereocenters. The molecule has 11 aromatic rings. The normalized spacial score (nSPS) is 11.8. The van der Waals surface area contributed by atoms with Crippen molar-refractivity contribution in [3.05, 3.63) is 170 Å². The summed E-state index contributed by atoms with van der Waals surface area (Å²) in [6, 6.07) is 57.4. The van der Waals surface area contributed by atoms with Gasteiger partial charge in [-0.1, -0.05) is 127 Å². The van der Waals surface area contributed by atoms with Crippen LogP contribution in [-0.2, 0) is 0 Å². The Morgan fingerprint density at radius 2 is 0.962 bits per heavy atom. The molecule has 0 saturated heterocycles. The number of rotatable bonds is 4. The fraction of sp³-hybridized carbons (Fsp3) is 0. The molecule has 0 aliphatic rings. The molecule has 0 N–H and O–H groups in total. The van der Waals surface area contributed by atoms with Gasteiger partial charge in [-0.25, -0.2) is 15.0 Å². The number of hydrogen-bond acceptors (Lipinski definition) is 5. The summed E-state index contributed by atoms with van der Waals surface area (Å²) in [4.78, 5) is 20.3. The molecule has 6 aromatic carbocycles.